The minimum Gasteiger partial charge on any atom is -0.380 e. The predicted molar refractivity (Wildman–Crippen MR) is 71.9 cm³/mol. The number of anilines is 1. The molecular weight excluding hydrogens is 210 g/mol. The molecule has 0 saturated heterocycles. The Morgan fingerprint density at radius 2 is 2.06 bits per heavy atom. The topological polar surface area (TPSA) is 29.1 Å². The molecule has 1 N–H and O–H groups in total. The Kier molecular flexibility index (Phi) is 2.76. The summed E-state index contributed by atoms with van der Waals surface area (Å²) in [4.78, 5) is 11.6. The van der Waals surface area contributed by atoms with E-state index in [1.165, 1.54) is 11.3 Å². The molecule has 92 valence electrons. The highest BCUT2D eigenvalue weighted by Gasteiger charge is 2.30. The number of benzene rings is 1. The fourth-order valence-electron chi connectivity index (χ4n) is 2.96. The van der Waals surface area contributed by atoms with Crippen molar-refractivity contribution in [2.24, 2.45) is 0 Å². The number of hydrogen-bond donors (Lipinski definition) is 1. The van der Waals surface area contributed by atoms with Crippen LogP contribution in [0.2, 0.25) is 0 Å². The second-order valence-electron chi connectivity index (χ2n) is 5.87. The molecule has 1 aromatic rings. The van der Waals surface area contributed by atoms with E-state index in [1.54, 1.807) is 6.92 Å². The molecule has 1 aromatic carbocycles. The summed E-state index contributed by atoms with van der Waals surface area (Å²) in [6.07, 6.45) is 1.12. The van der Waals surface area contributed by atoms with Crippen molar-refractivity contribution < 1.29 is 4.79 Å². The number of fused-ring (bicyclic) bond motifs is 1. The van der Waals surface area contributed by atoms with E-state index in [-0.39, 0.29) is 11.3 Å². The van der Waals surface area contributed by atoms with Crippen LogP contribution in [0.25, 0.3) is 0 Å². The van der Waals surface area contributed by atoms with Crippen LogP contribution in [-0.4, -0.2) is 11.3 Å². The third kappa shape index (κ3) is 2.08. The van der Waals surface area contributed by atoms with Crippen molar-refractivity contribution in [2.45, 2.75) is 52.5 Å². The summed E-state index contributed by atoms with van der Waals surface area (Å²) in [5.74, 6) is 0.684. The van der Waals surface area contributed by atoms with Crippen molar-refractivity contribution in [3.63, 3.8) is 0 Å². The Morgan fingerprint density at radius 3 is 2.65 bits per heavy atom. The molecule has 0 aliphatic carbocycles. The molecule has 1 atom stereocenters. The predicted octanol–water partition coefficient (Wildman–Crippen LogP) is 3.90. The van der Waals surface area contributed by atoms with Gasteiger partial charge in [0.05, 0.1) is 0 Å². The van der Waals surface area contributed by atoms with Crippen LogP contribution in [-0.2, 0) is 0 Å². The minimum atomic E-state index is 0.104. The molecular formula is C15H21NO. The van der Waals surface area contributed by atoms with Gasteiger partial charge in [-0.15, -0.1) is 0 Å². The van der Waals surface area contributed by atoms with Crippen molar-refractivity contribution in [3.8, 4) is 0 Å². The van der Waals surface area contributed by atoms with Gasteiger partial charge in [0, 0.05) is 16.8 Å². The zero-order valence-corrected chi connectivity index (χ0v) is 11.3. The molecule has 0 bridgehead atoms. The lowest BCUT2D eigenvalue weighted by molar-refractivity contribution is 0.101. The normalized spacial score (nSPS) is 21.6. The molecule has 0 spiro atoms. The molecule has 1 aliphatic heterocycles. The van der Waals surface area contributed by atoms with Crippen LogP contribution in [0, 0.1) is 6.92 Å². The Hall–Kier alpha value is -1.31. The van der Waals surface area contributed by atoms with Crippen molar-refractivity contribution in [1.29, 1.82) is 0 Å². The van der Waals surface area contributed by atoms with Crippen molar-refractivity contribution in [1.82, 2.24) is 0 Å². The van der Waals surface area contributed by atoms with E-state index in [0.29, 0.717) is 5.92 Å². The fourth-order valence-corrected chi connectivity index (χ4v) is 2.96. The maximum Gasteiger partial charge on any atom is 0.160 e. The Balaban J connectivity index is 2.58. The summed E-state index contributed by atoms with van der Waals surface area (Å²) in [7, 11) is 0. The van der Waals surface area contributed by atoms with Gasteiger partial charge in [-0.1, -0.05) is 19.1 Å². The smallest absolute Gasteiger partial charge is 0.160 e. The Bertz CT molecular complexity index is 474. The average Bonchev–Trinajstić information content (AvgIpc) is 2.17. The van der Waals surface area contributed by atoms with Crippen LogP contribution in [0.1, 0.15) is 61.5 Å². The van der Waals surface area contributed by atoms with Gasteiger partial charge in [0.25, 0.3) is 0 Å². The van der Waals surface area contributed by atoms with Gasteiger partial charge in [-0.05, 0) is 51.2 Å². The van der Waals surface area contributed by atoms with E-state index in [1.807, 2.05) is 13.0 Å². The largest absolute Gasteiger partial charge is 0.380 e. The summed E-state index contributed by atoms with van der Waals surface area (Å²) in [5, 5.41) is 3.58. The first-order valence-corrected chi connectivity index (χ1v) is 6.24. The molecule has 0 fully saturated rings. The van der Waals surface area contributed by atoms with Crippen LogP contribution in [0.15, 0.2) is 12.1 Å². The number of Topliss-reactive ketones (excluding diaryl/α,β-unsaturated/α-hetero) is 1. The van der Waals surface area contributed by atoms with Gasteiger partial charge in [-0.2, -0.15) is 0 Å². The SMILES string of the molecule is CC(=O)c1ccc2c(c1C)NC(C)(C)CC2C. The highest BCUT2D eigenvalue weighted by Crippen LogP contribution is 2.41. The van der Waals surface area contributed by atoms with E-state index in [0.717, 1.165) is 17.5 Å². The Labute approximate surface area is 103 Å². The maximum atomic E-state index is 11.6. The number of nitrogens with one attached hydrogen (secondary N) is 1. The van der Waals surface area contributed by atoms with Crippen LogP contribution < -0.4 is 5.32 Å². The van der Waals surface area contributed by atoms with Gasteiger partial charge in [0.15, 0.2) is 5.78 Å². The molecule has 1 aliphatic rings. The first-order chi connectivity index (χ1) is 7.82. The van der Waals surface area contributed by atoms with Crippen LogP contribution in [0.5, 0.6) is 0 Å². The van der Waals surface area contributed by atoms with Crippen molar-refractivity contribution >= 4 is 11.5 Å². The quantitative estimate of drug-likeness (QED) is 0.743. The van der Waals surface area contributed by atoms with Gasteiger partial charge in [0.2, 0.25) is 0 Å². The molecule has 2 nitrogen and oxygen atoms in total. The monoisotopic (exact) mass is 231 g/mol. The molecule has 2 heteroatoms. The lowest BCUT2D eigenvalue weighted by Crippen LogP contribution is -2.37. The highest BCUT2D eigenvalue weighted by molar-refractivity contribution is 5.97. The molecule has 17 heavy (non-hydrogen) atoms. The van der Waals surface area contributed by atoms with E-state index < -0.39 is 0 Å². The summed E-state index contributed by atoms with van der Waals surface area (Å²) in [6, 6.07) is 4.07. The number of carbonyl (C=O) groups excluding carboxylic acids is 1. The van der Waals surface area contributed by atoms with Crippen LogP contribution in [0.3, 0.4) is 0 Å². The first kappa shape index (κ1) is 12.2. The summed E-state index contributed by atoms with van der Waals surface area (Å²) < 4.78 is 0. The molecule has 2 rings (SSSR count). The van der Waals surface area contributed by atoms with Gasteiger partial charge in [0.1, 0.15) is 0 Å². The highest BCUT2D eigenvalue weighted by atomic mass is 16.1. The van der Waals surface area contributed by atoms with E-state index in [4.69, 9.17) is 0 Å². The molecule has 1 heterocycles. The van der Waals surface area contributed by atoms with Gasteiger partial charge < -0.3 is 5.32 Å². The van der Waals surface area contributed by atoms with Gasteiger partial charge >= 0.3 is 0 Å². The van der Waals surface area contributed by atoms with Crippen molar-refractivity contribution in [2.75, 3.05) is 5.32 Å². The van der Waals surface area contributed by atoms with E-state index in [9.17, 15) is 4.79 Å². The number of carbonyl (C=O) groups is 1. The molecule has 1 unspecified atom stereocenters. The lowest BCUT2D eigenvalue weighted by Gasteiger charge is -2.38. The second kappa shape index (κ2) is 3.86. The fraction of sp³-hybridized carbons (Fsp3) is 0.533. The van der Waals surface area contributed by atoms with Gasteiger partial charge in [-0.3, -0.25) is 4.79 Å². The van der Waals surface area contributed by atoms with Crippen LogP contribution >= 0.6 is 0 Å². The minimum absolute atomic E-state index is 0.104. The maximum absolute atomic E-state index is 11.6. The standard InChI is InChI=1S/C15H21NO/c1-9-8-15(4,5)16-14-10(2)13(11(3)17)7-6-12(9)14/h6-7,9,16H,8H2,1-5H3. The number of rotatable bonds is 1. The third-order valence-electron chi connectivity index (χ3n) is 3.69. The summed E-state index contributed by atoms with van der Waals surface area (Å²) >= 11 is 0. The Morgan fingerprint density at radius 1 is 1.41 bits per heavy atom. The molecule has 0 saturated carbocycles. The van der Waals surface area contributed by atoms with E-state index in [2.05, 4.69) is 32.2 Å². The molecule has 0 radical (unpaired) electrons. The zero-order chi connectivity index (χ0) is 12.8. The molecule has 0 aromatic heterocycles. The summed E-state index contributed by atoms with van der Waals surface area (Å²) in [6.45, 7) is 10.4. The van der Waals surface area contributed by atoms with Crippen molar-refractivity contribution in [3.05, 3.63) is 28.8 Å². The van der Waals surface area contributed by atoms with E-state index >= 15 is 0 Å². The third-order valence-corrected chi connectivity index (χ3v) is 3.69. The molecule has 0 amide bonds. The second-order valence-corrected chi connectivity index (χ2v) is 5.87. The number of ketones is 1. The average molecular weight is 231 g/mol. The van der Waals surface area contributed by atoms with Gasteiger partial charge in [-0.25, -0.2) is 0 Å². The zero-order valence-electron chi connectivity index (χ0n) is 11.3. The summed E-state index contributed by atoms with van der Waals surface area (Å²) in [5.41, 5.74) is 4.54. The van der Waals surface area contributed by atoms with Crippen LogP contribution in [0.4, 0.5) is 5.69 Å². The first-order valence-electron chi connectivity index (χ1n) is 6.24. The number of hydrogen-bond acceptors (Lipinski definition) is 2. The lowest BCUT2D eigenvalue weighted by atomic mass is 9.80.